The van der Waals surface area contributed by atoms with E-state index in [2.05, 4.69) is 33.4 Å². The molecule has 19 heavy (non-hydrogen) atoms. The van der Waals surface area contributed by atoms with Gasteiger partial charge in [-0.1, -0.05) is 25.0 Å². The van der Waals surface area contributed by atoms with Crippen molar-refractivity contribution in [3.63, 3.8) is 0 Å². The Bertz CT molecular complexity index is 390. The van der Waals surface area contributed by atoms with Crippen LogP contribution in [0.4, 0.5) is 0 Å². The minimum absolute atomic E-state index is 0.262. The summed E-state index contributed by atoms with van der Waals surface area (Å²) in [6.07, 6.45) is 8.60. The lowest BCUT2D eigenvalue weighted by Crippen LogP contribution is -2.20. The van der Waals surface area contributed by atoms with Gasteiger partial charge in [0.25, 0.3) is 0 Å². The Labute approximate surface area is 119 Å². The van der Waals surface area contributed by atoms with Crippen LogP contribution >= 0.6 is 0 Å². The van der Waals surface area contributed by atoms with Crippen LogP contribution in [0.5, 0.6) is 0 Å². The molecule has 0 saturated heterocycles. The summed E-state index contributed by atoms with van der Waals surface area (Å²) in [5, 5.41) is 9.21. The van der Waals surface area contributed by atoms with E-state index in [1.807, 2.05) is 13.0 Å². The van der Waals surface area contributed by atoms with E-state index in [1.54, 1.807) is 11.1 Å². The standard InChI is InChI=1S/C18H30O/c1-14(8-6-10-16(3)19)11-12-17-15(2)9-7-13-18(17,4)5/h6,16,19H,7,9-13H2,1-5H3. The van der Waals surface area contributed by atoms with Gasteiger partial charge in [0.2, 0.25) is 0 Å². The second-order valence-electron chi connectivity index (χ2n) is 6.71. The predicted octanol–water partition coefficient (Wildman–Crippen LogP) is 5.17. The van der Waals surface area contributed by atoms with E-state index in [0.29, 0.717) is 11.8 Å². The Morgan fingerprint density at radius 3 is 2.74 bits per heavy atom. The van der Waals surface area contributed by atoms with Gasteiger partial charge in [0.05, 0.1) is 6.10 Å². The van der Waals surface area contributed by atoms with E-state index in [1.165, 1.54) is 31.3 Å². The molecule has 0 aromatic carbocycles. The van der Waals surface area contributed by atoms with Gasteiger partial charge in [-0.3, -0.25) is 0 Å². The second kappa shape index (κ2) is 7.12. The molecular formula is C18H30O. The molecule has 0 bridgehead atoms. The zero-order chi connectivity index (χ0) is 14.5. The summed E-state index contributed by atoms with van der Waals surface area (Å²) in [5.41, 5.74) is 8.25. The van der Waals surface area contributed by atoms with E-state index < -0.39 is 0 Å². The summed E-state index contributed by atoms with van der Waals surface area (Å²) < 4.78 is 0. The molecule has 0 saturated carbocycles. The third-order valence-corrected chi connectivity index (χ3v) is 4.24. The van der Waals surface area contributed by atoms with Crippen LogP contribution in [0.1, 0.15) is 73.1 Å². The molecule has 1 aliphatic carbocycles. The molecule has 1 nitrogen and oxygen atoms in total. The van der Waals surface area contributed by atoms with Crippen molar-refractivity contribution in [2.75, 3.05) is 0 Å². The molecule has 0 aliphatic heterocycles. The average Bonchev–Trinajstić information content (AvgIpc) is 2.26. The van der Waals surface area contributed by atoms with Crippen LogP contribution < -0.4 is 0 Å². The molecule has 0 amide bonds. The molecule has 1 N–H and O–H groups in total. The van der Waals surface area contributed by atoms with Crippen molar-refractivity contribution in [1.29, 1.82) is 0 Å². The maximum atomic E-state index is 9.21. The van der Waals surface area contributed by atoms with Gasteiger partial charge in [-0.05, 0) is 76.4 Å². The Kier molecular flexibility index (Phi) is 6.10. The molecule has 0 heterocycles. The van der Waals surface area contributed by atoms with Crippen LogP contribution in [0.15, 0.2) is 28.5 Å². The highest BCUT2D eigenvalue weighted by molar-refractivity contribution is 5.23. The Hall–Kier alpha value is -0.780. The molecule has 0 aromatic heterocycles. The zero-order valence-corrected chi connectivity index (χ0v) is 13.3. The lowest BCUT2D eigenvalue weighted by molar-refractivity contribution is 0.198. The fourth-order valence-electron chi connectivity index (χ4n) is 3.02. The molecule has 0 spiro atoms. The van der Waals surface area contributed by atoms with Gasteiger partial charge in [-0.15, -0.1) is 5.73 Å². The minimum Gasteiger partial charge on any atom is -0.393 e. The van der Waals surface area contributed by atoms with Crippen molar-refractivity contribution in [2.24, 2.45) is 5.41 Å². The summed E-state index contributed by atoms with van der Waals surface area (Å²) in [7, 11) is 0. The van der Waals surface area contributed by atoms with Crippen LogP contribution in [0.3, 0.4) is 0 Å². The van der Waals surface area contributed by atoms with Crippen molar-refractivity contribution in [3.8, 4) is 0 Å². The first kappa shape index (κ1) is 16.3. The van der Waals surface area contributed by atoms with Crippen LogP contribution in [-0.4, -0.2) is 11.2 Å². The summed E-state index contributed by atoms with van der Waals surface area (Å²) >= 11 is 0. The first-order chi connectivity index (χ1) is 8.83. The predicted molar refractivity (Wildman–Crippen MR) is 83.1 cm³/mol. The molecule has 1 rings (SSSR count). The van der Waals surface area contributed by atoms with E-state index in [0.717, 1.165) is 6.42 Å². The van der Waals surface area contributed by atoms with Crippen molar-refractivity contribution < 1.29 is 5.11 Å². The monoisotopic (exact) mass is 262 g/mol. The highest BCUT2D eigenvalue weighted by Crippen LogP contribution is 2.42. The number of aliphatic hydroxyl groups is 1. The molecule has 0 fully saturated rings. The zero-order valence-electron chi connectivity index (χ0n) is 13.3. The van der Waals surface area contributed by atoms with Gasteiger partial charge in [0.15, 0.2) is 0 Å². The first-order valence-corrected chi connectivity index (χ1v) is 7.60. The van der Waals surface area contributed by atoms with E-state index in [9.17, 15) is 5.11 Å². The van der Waals surface area contributed by atoms with Gasteiger partial charge in [0, 0.05) is 0 Å². The quantitative estimate of drug-likeness (QED) is 0.535. The second-order valence-corrected chi connectivity index (χ2v) is 6.71. The van der Waals surface area contributed by atoms with Crippen LogP contribution in [0.2, 0.25) is 0 Å². The molecule has 1 atom stereocenters. The maximum Gasteiger partial charge on any atom is 0.0552 e. The summed E-state index contributed by atoms with van der Waals surface area (Å²) in [4.78, 5) is 0. The minimum atomic E-state index is -0.262. The van der Waals surface area contributed by atoms with Gasteiger partial charge in [0.1, 0.15) is 0 Å². The molecule has 0 aromatic rings. The maximum absolute atomic E-state index is 9.21. The summed E-state index contributed by atoms with van der Waals surface area (Å²) in [6.45, 7) is 11.0. The summed E-state index contributed by atoms with van der Waals surface area (Å²) in [5.74, 6) is 0. The molecule has 108 valence electrons. The average molecular weight is 262 g/mol. The Balaban J connectivity index is 2.63. The number of hydrogen-bond acceptors (Lipinski definition) is 1. The van der Waals surface area contributed by atoms with Gasteiger partial charge < -0.3 is 5.11 Å². The molecule has 0 radical (unpaired) electrons. The van der Waals surface area contributed by atoms with Crippen LogP contribution in [-0.2, 0) is 0 Å². The van der Waals surface area contributed by atoms with Crippen LogP contribution in [0, 0.1) is 5.41 Å². The molecule has 1 heteroatoms. The van der Waals surface area contributed by atoms with Gasteiger partial charge >= 0.3 is 0 Å². The van der Waals surface area contributed by atoms with E-state index in [-0.39, 0.29) is 6.10 Å². The normalized spacial score (nSPS) is 19.9. The SMILES string of the molecule is CC(=C=CCC(C)O)CCC1=C(C)CCCC1(C)C. The highest BCUT2D eigenvalue weighted by atomic mass is 16.3. The Morgan fingerprint density at radius 1 is 1.47 bits per heavy atom. The highest BCUT2D eigenvalue weighted by Gasteiger charge is 2.27. The first-order valence-electron chi connectivity index (χ1n) is 7.60. The number of allylic oxidation sites excluding steroid dienone is 2. The lowest BCUT2D eigenvalue weighted by atomic mass is 9.71. The van der Waals surface area contributed by atoms with Crippen molar-refractivity contribution in [2.45, 2.75) is 79.2 Å². The van der Waals surface area contributed by atoms with Gasteiger partial charge in [-0.25, -0.2) is 0 Å². The molecule has 1 unspecified atom stereocenters. The van der Waals surface area contributed by atoms with Crippen LogP contribution in [0.25, 0.3) is 0 Å². The fourth-order valence-corrected chi connectivity index (χ4v) is 3.02. The third-order valence-electron chi connectivity index (χ3n) is 4.24. The number of aliphatic hydroxyl groups excluding tert-OH is 1. The number of rotatable bonds is 5. The smallest absolute Gasteiger partial charge is 0.0552 e. The Morgan fingerprint density at radius 2 is 2.16 bits per heavy atom. The van der Waals surface area contributed by atoms with Crippen molar-refractivity contribution in [3.05, 3.63) is 28.5 Å². The fraction of sp³-hybridized carbons (Fsp3) is 0.722. The van der Waals surface area contributed by atoms with E-state index >= 15 is 0 Å². The van der Waals surface area contributed by atoms with Crippen molar-refractivity contribution in [1.82, 2.24) is 0 Å². The van der Waals surface area contributed by atoms with E-state index in [4.69, 9.17) is 0 Å². The lowest BCUT2D eigenvalue weighted by Gasteiger charge is -2.34. The van der Waals surface area contributed by atoms with Crippen molar-refractivity contribution >= 4 is 0 Å². The summed E-state index contributed by atoms with van der Waals surface area (Å²) in [6, 6.07) is 0. The molecular weight excluding hydrogens is 232 g/mol. The number of hydrogen-bond donors (Lipinski definition) is 1. The largest absolute Gasteiger partial charge is 0.393 e. The molecule has 1 aliphatic rings. The van der Waals surface area contributed by atoms with Gasteiger partial charge in [-0.2, -0.15) is 0 Å². The topological polar surface area (TPSA) is 20.2 Å². The third kappa shape index (κ3) is 5.38.